The van der Waals surface area contributed by atoms with E-state index >= 15 is 0 Å². The van der Waals surface area contributed by atoms with Crippen LogP contribution in [-0.2, 0) is 46.2 Å². The highest BCUT2D eigenvalue weighted by Gasteiger charge is 2.33. The van der Waals surface area contributed by atoms with Crippen molar-refractivity contribution in [1.82, 2.24) is 0 Å². The highest BCUT2D eigenvalue weighted by molar-refractivity contribution is 7.16. The molecule has 10 heteroatoms. The maximum atomic E-state index is 12.4. The van der Waals surface area contributed by atoms with Gasteiger partial charge in [0.15, 0.2) is 5.57 Å². The summed E-state index contributed by atoms with van der Waals surface area (Å²) >= 11 is 1.18. The molecule has 0 saturated carbocycles. The van der Waals surface area contributed by atoms with Gasteiger partial charge in [-0.2, -0.15) is 0 Å². The maximum absolute atomic E-state index is 12.4. The highest BCUT2D eigenvalue weighted by atomic mass is 32.1. The van der Waals surface area contributed by atoms with E-state index < -0.39 is 35.1 Å². The maximum Gasteiger partial charge on any atom is 0.397 e. The lowest BCUT2D eigenvalue weighted by atomic mass is 9.93. The van der Waals surface area contributed by atoms with E-state index in [1.54, 1.807) is 20.8 Å². The third kappa shape index (κ3) is 5.18. The third-order valence-corrected chi connectivity index (χ3v) is 5.50. The molecule has 0 radical (unpaired) electrons. The van der Waals surface area contributed by atoms with E-state index in [1.807, 2.05) is 0 Å². The Balaban J connectivity index is 2.60. The van der Waals surface area contributed by atoms with Crippen molar-refractivity contribution in [2.45, 2.75) is 46.5 Å². The Bertz CT molecular complexity index is 850. The van der Waals surface area contributed by atoms with Gasteiger partial charge in [-0.3, -0.25) is 4.79 Å². The SMILES string of the molecule is CCOC(=O)C(=O)Nc1sc2c(c1C(O)=C(C(=O)OCC)C(=O)OCC)CCCC2. The molecule has 2 rings (SSSR count). The van der Waals surface area contributed by atoms with Crippen molar-refractivity contribution in [3.8, 4) is 0 Å². The van der Waals surface area contributed by atoms with Gasteiger partial charge >= 0.3 is 23.8 Å². The predicted molar refractivity (Wildman–Crippen MR) is 109 cm³/mol. The number of hydrogen-bond acceptors (Lipinski definition) is 9. The van der Waals surface area contributed by atoms with Crippen molar-refractivity contribution < 1.29 is 38.5 Å². The number of ether oxygens (including phenoxy) is 3. The quantitative estimate of drug-likeness (QED) is 0.126. The molecule has 2 N–H and O–H groups in total. The molecule has 1 amide bonds. The number of hydrogen-bond donors (Lipinski definition) is 2. The van der Waals surface area contributed by atoms with Crippen LogP contribution in [0.1, 0.15) is 49.6 Å². The van der Waals surface area contributed by atoms with Gasteiger partial charge in [-0.05, 0) is 52.0 Å². The van der Waals surface area contributed by atoms with Gasteiger partial charge in [0, 0.05) is 4.88 Å². The Kier molecular flexibility index (Phi) is 8.40. The largest absolute Gasteiger partial charge is 0.506 e. The third-order valence-electron chi connectivity index (χ3n) is 4.29. The van der Waals surface area contributed by atoms with Crippen molar-refractivity contribution in [3.05, 3.63) is 21.6 Å². The van der Waals surface area contributed by atoms with E-state index in [-0.39, 0.29) is 30.4 Å². The average molecular weight is 439 g/mol. The van der Waals surface area contributed by atoms with E-state index in [2.05, 4.69) is 5.32 Å². The molecule has 1 aliphatic rings. The Labute approximate surface area is 178 Å². The fourth-order valence-electron chi connectivity index (χ4n) is 3.06. The summed E-state index contributed by atoms with van der Waals surface area (Å²) in [6.07, 6.45) is 3.05. The fourth-order valence-corrected chi connectivity index (χ4v) is 4.35. The summed E-state index contributed by atoms with van der Waals surface area (Å²) in [6, 6.07) is 0. The second-order valence-corrected chi connectivity index (χ2v) is 7.36. The summed E-state index contributed by atoms with van der Waals surface area (Å²) in [5.74, 6) is -4.81. The molecule has 0 atom stereocenters. The molecule has 1 aliphatic carbocycles. The fraction of sp³-hybridized carbons (Fsp3) is 0.500. The summed E-state index contributed by atoms with van der Waals surface area (Å²) in [5, 5.41) is 13.6. The first-order chi connectivity index (χ1) is 14.3. The zero-order valence-electron chi connectivity index (χ0n) is 17.2. The van der Waals surface area contributed by atoms with E-state index in [4.69, 9.17) is 14.2 Å². The Morgan fingerprint density at radius 1 is 0.900 bits per heavy atom. The number of carbonyl (C=O) groups excluding carboxylic acids is 4. The predicted octanol–water partition coefficient (Wildman–Crippen LogP) is 2.52. The first kappa shape index (κ1) is 23.4. The smallest absolute Gasteiger partial charge is 0.397 e. The molecule has 0 aliphatic heterocycles. The van der Waals surface area contributed by atoms with Crippen molar-refractivity contribution in [2.75, 3.05) is 25.1 Å². The van der Waals surface area contributed by atoms with Crippen molar-refractivity contribution >= 4 is 45.9 Å². The number of carbonyl (C=O) groups is 4. The van der Waals surface area contributed by atoms with Crippen LogP contribution in [0.4, 0.5) is 5.00 Å². The number of nitrogens with one attached hydrogen (secondary N) is 1. The molecule has 0 spiro atoms. The average Bonchev–Trinajstić information content (AvgIpc) is 3.06. The molecular weight excluding hydrogens is 414 g/mol. The highest BCUT2D eigenvalue weighted by Crippen LogP contribution is 2.42. The second-order valence-electron chi connectivity index (χ2n) is 6.25. The molecule has 0 bridgehead atoms. The van der Waals surface area contributed by atoms with Crippen LogP contribution in [0.15, 0.2) is 5.57 Å². The number of esters is 3. The summed E-state index contributed by atoms with van der Waals surface area (Å²) < 4.78 is 14.5. The molecule has 0 unspecified atom stereocenters. The minimum Gasteiger partial charge on any atom is -0.506 e. The van der Waals surface area contributed by atoms with E-state index in [9.17, 15) is 24.3 Å². The number of rotatable bonds is 7. The lowest BCUT2D eigenvalue weighted by molar-refractivity contribution is -0.152. The van der Waals surface area contributed by atoms with Gasteiger partial charge in [-0.15, -0.1) is 11.3 Å². The van der Waals surface area contributed by atoms with Crippen LogP contribution in [0, 0.1) is 0 Å². The van der Waals surface area contributed by atoms with Gasteiger partial charge in [0.2, 0.25) is 0 Å². The minimum atomic E-state index is -1.07. The number of aryl methyl sites for hydroxylation is 1. The first-order valence-electron chi connectivity index (χ1n) is 9.76. The minimum absolute atomic E-state index is 0.0107. The zero-order valence-corrected chi connectivity index (χ0v) is 18.0. The molecule has 0 fully saturated rings. The monoisotopic (exact) mass is 439 g/mol. The summed E-state index contributed by atoms with van der Waals surface area (Å²) in [6.45, 7) is 4.71. The number of fused-ring (bicyclic) bond motifs is 1. The number of thiophene rings is 1. The van der Waals surface area contributed by atoms with Gasteiger partial charge < -0.3 is 24.6 Å². The van der Waals surface area contributed by atoms with Crippen LogP contribution in [-0.4, -0.2) is 48.7 Å². The number of amides is 1. The molecule has 9 nitrogen and oxygen atoms in total. The van der Waals surface area contributed by atoms with Gasteiger partial charge in [0.1, 0.15) is 10.8 Å². The molecule has 30 heavy (non-hydrogen) atoms. The summed E-state index contributed by atoms with van der Waals surface area (Å²) in [5.41, 5.74) is 0.189. The number of anilines is 1. The Morgan fingerprint density at radius 3 is 2.00 bits per heavy atom. The van der Waals surface area contributed by atoms with Gasteiger partial charge in [-0.25, -0.2) is 14.4 Å². The van der Waals surface area contributed by atoms with Crippen molar-refractivity contribution in [3.63, 3.8) is 0 Å². The molecule has 1 heterocycles. The van der Waals surface area contributed by atoms with Crippen LogP contribution in [0.2, 0.25) is 0 Å². The van der Waals surface area contributed by atoms with E-state index in [0.717, 1.165) is 17.7 Å². The normalized spacial score (nSPS) is 12.4. The Morgan fingerprint density at radius 2 is 1.43 bits per heavy atom. The van der Waals surface area contributed by atoms with Crippen LogP contribution >= 0.6 is 11.3 Å². The Hall–Kier alpha value is -2.88. The summed E-state index contributed by atoms with van der Waals surface area (Å²) in [4.78, 5) is 49.6. The second kappa shape index (κ2) is 10.8. The van der Waals surface area contributed by atoms with Crippen molar-refractivity contribution in [2.24, 2.45) is 0 Å². The first-order valence-corrected chi connectivity index (χ1v) is 10.6. The molecule has 1 aromatic rings. The van der Waals surface area contributed by atoms with Crippen LogP contribution in [0.5, 0.6) is 0 Å². The molecule has 164 valence electrons. The van der Waals surface area contributed by atoms with Crippen LogP contribution < -0.4 is 5.32 Å². The standard InChI is InChI=1S/C20H25NO8S/c1-4-27-18(24)14(19(25)28-5-2)15(22)13-11-9-7-8-10-12(11)30-17(13)21-16(23)20(26)29-6-3/h22H,4-10H2,1-3H3,(H,21,23). The van der Waals surface area contributed by atoms with Gasteiger partial charge in [-0.1, -0.05) is 0 Å². The van der Waals surface area contributed by atoms with Crippen LogP contribution in [0.3, 0.4) is 0 Å². The lowest BCUT2D eigenvalue weighted by Crippen LogP contribution is -2.25. The molecule has 0 aromatic carbocycles. The van der Waals surface area contributed by atoms with Gasteiger partial charge in [0.25, 0.3) is 0 Å². The number of aliphatic hydroxyl groups is 1. The lowest BCUT2D eigenvalue weighted by Gasteiger charge is -2.15. The molecule has 0 saturated heterocycles. The van der Waals surface area contributed by atoms with Crippen LogP contribution in [0.25, 0.3) is 5.76 Å². The zero-order chi connectivity index (χ0) is 22.3. The van der Waals surface area contributed by atoms with Crippen molar-refractivity contribution in [1.29, 1.82) is 0 Å². The van der Waals surface area contributed by atoms with E-state index in [0.29, 0.717) is 18.4 Å². The van der Waals surface area contributed by atoms with E-state index in [1.165, 1.54) is 11.3 Å². The molecular formula is C20H25NO8S. The topological polar surface area (TPSA) is 128 Å². The van der Waals surface area contributed by atoms with Gasteiger partial charge in [0.05, 0.1) is 25.4 Å². The number of aliphatic hydroxyl groups excluding tert-OH is 1. The molecule has 1 aromatic heterocycles. The summed E-state index contributed by atoms with van der Waals surface area (Å²) in [7, 11) is 0.